The van der Waals surface area contributed by atoms with Gasteiger partial charge in [-0.2, -0.15) is 0 Å². The molecule has 0 aliphatic carbocycles. The fourth-order valence-electron chi connectivity index (χ4n) is 4.89. The van der Waals surface area contributed by atoms with E-state index in [1.54, 1.807) is 43.4 Å². The van der Waals surface area contributed by atoms with Crippen molar-refractivity contribution in [1.82, 2.24) is 15.1 Å². The summed E-state index contributed by atoms with van der Waals surface area (Å²) >= 11 is 0. The standard InChI is InChI=1S/C32H38FN3O5/c1-39-29-13-10-26(21-30(29)40-2)22-31(37)36(23-25-8-11-27(33)12-9-25)28(20-24-6-4-3-5-7-24)32(38)34-14-15-35-16-18-41-19-17-35/h3-13,21,28H,14-20,22-23H2,1-2H3,(H,34,38)/t28-/m1/s1. The molecular weight excluding hydrogens is 525 g/mol. The van der Waals surface area contributed by atoms with E-state index >= 15 is 0 Å². The van der Waals surface area contributed by atoms with Crippen molar-refractivity contribution in [2.45, 2.75) is 25.4 Å². The zero-order chi connectivity index (χ0) is 29.0. The van der Waals surface area contributed by atoms with Crippen molar-refractivity contribution in [2.75, 3.05) is 53.6 Å². The molecule has 0 saturated carbocycles. The zero-order valence-corrected chi connectivity index (χ0v) is 23.7. The third kappa shape index (κ3) is 8.77. The lowest BCUT2D eigenvalue weighted by molar-refractivity contribution is -0.140. The van der Waals surface area contributed by atoms with Crippen LogP contribution in [-0.4, -0.2) is 81.3 Å². The second kappa shape index (κ2) is 15.2. The molecule has 3 aromatic rings. The minimum absolute atomic E-state index is 0.0495. The van der Waals surface area contributed by atoms with Crippen molar-refractivity contribution in [3.8, 4) is 11.5 Å². The maximum Gasteiger partial charge on any atom is 0.243 e. The monoisotopic (exact) mass is 563 g/mol. The fraction of sp³-hybridized carbons (Fsp3) is 0.375. The Labute approximate surface area is 241 Å². The molecule has 0 unspecified atom stereocenters. The number of hydrogen-bond donors (Lipinski definition) is 1. The van der Waals surface area contributed by atoms with Crippen LogP contribution in [0, 0.1) is 5.82 Å². The summed E-state index contributed by atoms with van der Waals surface area (Å²) in [5.74, 6) is 0.257. The van der Waals surface area contributed by atoms with Crippen molar-refractivity contribution >= 4 is 11.8 Å². The Kier molecular flexibility index (Phi) is 11.1. The first-order valence-corrected chi connectivity index (χ1v) is 13.8. The lowest BCUT2D eigenvalue weighted by Gasteiger charge is -2.32. The predicted molar refractivity (Wildman–Crippen MR) is 154 cm³/mol. The Morgan fingerprint density at radius 2 is 1.61 bits per heavy atom. The summed E-state index contributed by atoms with van der Waals surface area (Å²) < 4.78 is 29.9. The van der Waals surface area contributed by atoms with Crippen LogP contribution in [0.2, 0.25) is 0 Å². The summed E-state index contributed by atoms with van der Waals surface area (Å²) in [7, 11) is 3.10. The number of nitrogens with zero attached hydrogens (tertiary/aromatic N) is 2. The molecule has 41 heavy (non-hydrogen) atoms. The molecule has 0 aromatic heterocycles. The lowest BCUT2D eigenvalue weighted by atomic mass is 10.0. The zero-order valence-electron chi connectivity index (χ0n) is 23.7. The number of ether oxygens (including phenoxy) is 3. The van der Waals surface area contributed by atoms with Gasteiger partial charge in [-0.25, -0.2) is 4.39 Å². The maximum atomic E-state index is 14.0. The molecule has 1 aliphatic heterocycles. The number of halogens is 1. The van der Waals surface area contributed by atoms with Crippen molar-refractivity contribution in [3.05, 3.63) is 95.3 Å². The van der Waals surface area contributed by atoms with E-state index in [2.05, 4.69) is 10.2 Å². The second-order valence-corrected chi connectivity index (χ2v) is 9.96. The molecule has 1 atom stereocenters. The van der Waals surface area contributed by atoms with Gasteiger partial charge in [-0.3, -0.25) is 14.5 Å². The highest BCUT2D eigenvalue weighted by atomic mass is 19.1. The van der Waals surface area contributed by atoms with Crippen LogP contribution < -0.4 is 14.8 Å². The van der Waals surface area contributed by atoms with Gasteiger partial charge in [0.25, 0.3) is 0 Å². The second-order valence-electron chi connectivity index (χ2n) is 9.96. The molecule has 1 heterocycles. The van der Waals surface area contributed by atoms with E-state index in [-0.39, 0.29) is 30.6 Å². The minimum Gasteiger partial charge on any atom is -0.493 e. The first kappa shape index (κ1) is 30.0. The number of hydrogen-bond acceptors (Lipinski definition) is 6. The highest BCUT2D eigenvalue weighted by Crippen LogP contribution is 2.28. The third-order valence-electron chi connectivity index (χ3n) is 7.17. The van der Waals surface area contributed by atoms with Gasteiger partial charge in [0.1, 0.15) is 11.9 Å². The Morgan fingerprint density at radius 1 is 0.927 bits per heavy atom. The van der Waals surface area contributed by atoms with Crippen LogP contribution in [0.15, 0.2) is 72.8 Å². The average Bonchev–Trinajstić information content (AvgIpc) is 3.00. The summed E-state index contributed by atoms with van der Waals surface area (Å²) in [5, 5.41) is 3.07. The van der Waals surface area contributed by atoms with Crippen LogP contribution in [0.4, 0.5) is 4.39 Å². The van der Waals surface area contributed by atoms with E-state index in [1.807, 2.05) is 36.4 Å². The number of rotatable bonds is 13. The summed E-state index contributed by atoms with van der Waals surface area (Å²) in [6.07, 6.45) is 0.386. The van der Waals surface area contributed by atoms with Crippen molar-refractivity contribution in [1.29, 1.82) is 0 Å². The van der Waals surface area contributed by atoms with Gasteiger partial charge >= 0.3 is 0 Å². The van der Waals surface area contributed by atoms with Crippen LogP contribution in [0.25, 0.3) is 0 Å². The van der Waals surface area contributed by atoms with Crippen LogP contribution in [-0.2, 0) is 33.7 Å². The first-order valence-electron chi connectivity index (χ1n) is 13.8. The Morgan fingerprint density at radius 3 is 2.29 bits per heavy atom. The van der Waals surface area contributed by atoms with E-state index < -0.39 is 6.04 Å². The van der Waals surface area contributed by atoms with Gasteiger partial charge in [0.15, 0.2) is 11.5 Å². The fourth-order valence-corrected chi connectivity index (χ4v) is 4.89. The number of carbonyl (C=O) groups is 2. The molecule has 0 bridgehead atoms. The predicted octanol–water partition coefficient (Wildman–Crippen LogP) is 3.47. The molecule has 0 radical (unpaired) electrons. The van der Waals surface area contributed by atoms with Gasteiger partial charge in [-0.15, -0.1) is 0 Å². The molecule has 9 heteroatoms. The minimum atomic E-state index is -0.778. The normalized spacial score (nSPS) is 14.2. The molecule has 8 nitrogen and oxygen atoms in total. The topological polar surface area (TPSA) is 80.3 Å². The van der Waals surface area contributed by atoms with E-state index in [0.29, 0.717) is 44.2 Å². The van der Waals surface area contributed by atoms with Gasteiger partial charge in [0, 0.05) is 39.1 Å². The van der Waals surface area contributed by atoms with Gasteiger partial charge in [0.2, 0.25) is 11.8 Å². The molecule has 2 amide bonds. The van der Waals surface area contributed by atoms with Crippen LogP contribution in [0.5, 0.6) is 11.5 Å². The van der Waals surface area contributed by atoms with E-state index in [4.69, 9.17) is 14.2 Å². The molecule has 1 saturated heterocycles. The quantitative estimate of drug-likeness (QED) is 0.343. The summed E-state index contributed by atoms with van der Waals surface area (Å²) in [6.45, 7) is 4.32. The van der Waals surface area contributed by atoms with Crippen LogP contribution in [0.3, 0.4) is 0 Å². The highest BCUT2D eigenvalue weighted by molar-refractivity contribution is 5.89. The summed E-state index contributed by atoms with van der Waals surface area (Å²) in [6, 6.07) is 20.2. The number of amides is 2. The van der Waals surface area contributed by atoms with E-state index in [9.17, 15) is 14.0 Å². The maximum absolute atomic E-state index is 14.0. The van der Waals surface area contributed by atoms with Gasteiger partial charge < -0.3 is 24.4 Å². The Hall–Kier alpha value is -3.95. The number of nitrogens with one attached hydrogen (secondary N) is 1. The lowest BCUT2D eigenvalue weighted by Crippen LogP contribution is -2.52. The van der Waals surface area contributed by atoms with Gasteiger partial charge in [0.05, 0.1) is 33.9 Å². The SMILES string of the molecule is COc1ccc(CC(=O)N(Cc2ccc(F)cc2)[C@H](Cc2ccccc2)C(=O)NCCN2CCOCC2)cc1OC. The smallest absolute Gasteiger partial charge is 0.243 e. The first-order chi connectivity index (χ1) is 20.0. The largest absolute Gasteiger partial charge is 0.493 e. The van der Waals surface area contributed by atoms with Crippen molar-refractivity contribution in [3.63, 3.8) is 0 Å². The van der Waals surface area contributed by atoms with E-state index in [1.165, 1.54) is 12.1 Å². The molecule has 1 N–H and O–H groups in total. The van der Waals surface area contributed by atoms with Crippen LogP contribution in [0.1, 0.15) is 16.7 Å². The molecular formula is C32H38FN3O5. The molecule has 0 spiro atoms. The molecule has 1 fully saturated rings. The van der Waals surface area contributed by atoms with Gasteiger partial charge in [-0.05, 0) is 41.0 Å². The Balaban J connectivity index is 1.60. The van der Waals surface area contributed by atoms with E-state index in [0.717, 1.165) is 29.8 Å². The molecule has 218 valence electrons. The molecule has 1 aliphatic rings. The number of benzene rings is 3. The summed E-state index contributed by atoms with van der Waals surface area (Å²) in [4.78, 5) is 31.6. The molecule has 3 aromatic carbocycles. The van der Waals surface area contributed by atoms with Gasteiger partial charge in [-0.1, -0.05) is 48.5 Å². The number of morpholine rings is 1. The van der Waals surface area contributed by atoms with Crippen molar-refractivity contribution < 1.29 is 28.2 Å². The highest BCUT2D eigenvalue weighted by Gasteiger charge is 2.30. The third-order valence-corrected chi connectivity index (χ3v) is 7.17. The number of methoxy groups -OCH3 is 2. The Bertz CT molecular complexity index is 1270. The molecule has 4 rings (SSSR count). The van der Waals surface area contributed by atoms with Crippen molar-refractivity contribution in [2.24, 2.45) is 0 Å². The van der Waals surface area contributed by atoms with Crippen LogP contribution >= 0.6 is 0 Å². The summed E-state index contributed by atoms with van der Waals surface area (Å²) in [5.41, 5.74) is 2.39. The average molecular weight is 564 g/mol. The number of carbonyl (C=O) groups excluding carboxylic acids is 2.